The zero-order valence-corrected chi connectivity index (χ0v) is 15.1. The molecule has 1 aliphatic rings. The standard InChI is InChI=1S/C15H21Br2NO2/c1-3-14-10(4-5-20-14)8-18-9-11-6-12(16)7-13(17)15(11)19-2/h6-7,10,14,18H,3-5,8-9H2,1-2H3. The largest absolute Gasteiger partial charge is 0.495 e. The number of hydrogen-bond acceptors (Lipinski definition) is 3. The van der Waals surface area contributed by atoms with Gasteiger partial charge in [0.25, 0.3) is 0 Å². The highest BCUT2D eigenvalue weighted by molar-refractivity contribution is 9.11. The second-order valence-corrected chi connectivity index (χ2v) is 6.85. The average Bonchev–Trinajstić information content (AvgIpc) is 2.86. The van der Waals surface area contributed by atoms with E-state index in [2.05, 4.69) is 50.2 Å². The molecule has 1 saturated heterocycles. The number of hydrogen-bond donors (Lipinski definition) is 1. The van der Waals surface area contributed by atoms with E-state index >= 15 is 0 Å². The Balaban J connectivity index is 1.94. The molecule has 1 aliphatic heterocycles. The number of rotatable bonds is 6. The van der Waals surface area contributed by atoms with Gasteiger partial charge in [0.05, 0.1) is 17.7 Å². The van der Waals surface area contributed by atoms with Crippen molar-refractivity contribution in [1.29, 1.82) is 0 Å². The molecule has 2 atom stereocenters. The predicted octanol–water partition coefficient (Wildman–Crippen LogP) is 4.12. The first-order valence-electron chi connectivity index (χ1n) is 7.00. The molecule has 5 heteroatoms. The maximum absolute atomic E-state index is 5.72. The van der Waals surface area contributed by atoms with Gasteiger partial charge in [-0.3, -0.25) is 0 Å². The summed E-state index contributed by atoms with van der Waals surface area (Å²) < 4.78 is 13.2. The quantitative estimate of drug-likeness (QED) is 0.770. The first-order chi connectivity index (χ1) is 9.65. The Kier molecular flexibility index (Phi) is 6.33. The van der Waals surface area contributed by atoms with Crippen molar-refractivity contribution < 1.29 is 9.47 Å². The van der Waals surface area contributed by atoms with Gasteiger partial charge < -0.3 is 14.8 Å². The molecule has 3 nitrogen and oxygen atoms in total. The Hall–Kier alpha value is -0.100. The van der Waals surface area contributed by atoms with E-state index in [0.717, 1.165) is 52.8 Å². The Bertz CT molecular complexity index is 454. The Morgan fingerprint density at radius 3 is 2.90 bits per heavy atom. The van der Waals surface area contributed by atoms with E-state index in [1.165, 1.54) is 0 Å². The molecule has 2 rings (SSSR count). The number of nitrogens with one attached hydrogen (secondary N) is 1. The van der Waals surface area contributed by atoms with E-state index in [1.807, 2.05) is 6.07 Å². The lowest BCUT2D eigenvalue weighted by Crippen LogP contribution is -2.28. The summed E-state index contributed by atoms with van der Waals surface area (Å²) in [6, 6.07) is 4.10. The molecule has 1 aromatic rings. The van der Waals surface area contributed by atoms with Gasteiger partial charge in [-0.15, -0.1) is 0 Å². The van der Waals surface area contributed by atoms with E-state index in [4.69, 9.17) is 9.47 Å². The van der Waals surface area contributed by atoms with Crippen LogP contribution in [0.4, 0.5) is 0 Å². The third-order valence-electron chi connectivity index (χ3n) is 3.76. The number of halogens is 2. The van der Waals surface area contributed by atoms with Gasteiger partial charge in [0.2, 0.25) is 0 Å². The molecular weight excluding hydrogens is 386 g/mol. The topological polar surface area (TPSA) is 30.5 Å². The molecule has 2 unspecified atom stereocenters. The van der Waals surface area contributed by atoms with Crippen LogP contribution >= 0.6 is 31.9 Å². The molecule has 0 amide bonds. The first-order valence-corrected chi connectivity index (χ1v) is 8.58. The molecule has 1 fully saturated rings. The van der Waals surface area contributed by atoms with E-state index in [9.17, 15) is 0 Å². The van der Waals surface area contributed by atoms with Gasteiger partial charge in [-0.1, -0.05) is 22.9 Å². The van der Waals surface area contributed by atoms with Crippen LogP contribution in [-0.2, 0) is 11.3 Å². The zero-order valence-electron chi connectivity index (χ0n) is 11.9. The van der Waals surface area contributed by atoms with Crippen molar-refractivity contribution >= 4 is 31.9 Å². The second kappa shape index (κ2) is 7.78. The van der Waals surface area contributed by atoms with Crippen molar-refractivity contribution in [2.24, 2.45) is 5.92 Å². The van der Waals surface area contributed by atoms with Gasteiger partial charge in [-0.05, 0) is 46.8 Å². The SMILES string of the molecule is CCC1OCCC1CNCc1cc(Br)cc(Br)c1OC. The van der Waals surface area contributed by atoms with Crippen molar-refractivity contribution in [2.75, 3.05) is 20.3 Å². The highest BCUT2D eigenvalue weighted by atomic mass is 79.9. The van der Waals surface area contributed by atoms with E-state index in [0.29, 0.717) is 12.0 Å². The lowest BCUT2D eigenvalue weighted by atomic mass is 9.99. The van der Waals surface area contributed by atoms with Crippen LogP contribution in [0.15, 0.2) is 21.1 Å². The molecule has 20 heavy (non-hydrogen) atoms. The van der Waals surface area contributed by atoms with Crippen molar-refractivity contribution in [3.05, 3.63) is 26.6 Å². The summed E-state index contributed by atoms with van der Waals surface area (Å²) in [7, 11) is 1.70. The van der Waals surface area contributed by atoms with Crippen molar-refractivity contribution in [3.8, 4) is 5.75 Å². The fraction of sp³-hybridized carbons (Fsp3) is 0.600. The summed E-state index contributed by atoms with van der Waals surface area (Å²) in [5.74, 6) is 1.53. The van der Waals surface area contributed by atoms with Gasteiger partial charge in [0.15, 0.2) is 0 Å². The van der Waals surface area contributed by atoms with Crippen LogP contribution in [0, 0.1) is 5.92 Å². The molecular formula is C15H21Br2NO2. The lowest BCUT2D eigenvalue weighted by Gasteiger charge is -2.18. The molecule has 1 heterocycles. The van der Waals surface area contributed by atoms with Crippen LogP contribution in [0.1, 0.15) is 25.3 Å². The van der Waals surface area contributed by atoms with Crippen molar-refractivity contribution in [1.82, 2.24) is 5.32 Å². The molecule has 112 valence electrons. The van der Waals surface area contributed by atoms with Gasteiger partial charge in [-0.2, -0.15) is 0 Å². The number of benzene rings is 1. The summed E-state index contributed by atoms with van der Waals surface area (Å²) in [4.78, 5) is 0. The number of ether oxygens (including phenoxy) is 2. The van der Waals surface area contributed by atoms with Crippen molar-refractivity contribution in [2.45, 2.75) is 32.4 Å². The van der Waals surface area contributed by atoms with E-state index in [1.54, 1.807) is 7.11 Å². The maximum atomic E-state index is 5.72. The minimum atomic E-state index is 0.415. The fourth-order valence-corrected chi connectivity index (χ4v) is 4.22. The lowest BCUT2D eigenvalue weighted by molar-refractivity contribution is 0.0872. The molecule has 0 radical (unpaired) electrons. The van der Waals surface area contributed by atoms with Gasteiger partial charge in [0.1, 0.15) is 5.75 Å². The monoisotopic (exact) mass is 405 g/mol. The van der Waals surface area contributed by atoms with E-state index in [-0.39, 0.29) is 0 Å². The van der Waals surface area contributed by atoms with Crippen LogP contribution in [0.2, 0.25) is 0 Å². The molecule has 0 aromatic heterocycles. The van der Waals surface area contributed by atoms with Crippen molar-refractivity contribution in [3.63, 3.8) is 0 Å². The molecule has 0 saturated carbocycles. The zero-order chi connectivity index (χ0) is 14.5. The van der Waals surface area contributed by atoms with Crippen LogP contribution in [0.3, 0.4) is 0 Å². The van der Waals surface area contributed by atoms with Crippen LogP contribution in [-0.4, -0.2) is 26.4 Å². The molecule has 0 aliphatic carbocycles. The second-order valence-electron chi connectivity index (χ2n) is 5.08. The van der Waals surface area contributed by atoms with Crippen LogP contribution < -0.4 is 10.1 Å². The number of methoxy groups -OCH3 is 1. The molecule has 0 bridgehead atoms. The van der Waals surface area contributed by atoms with Gasteiger partial charge in [0, 0.05) is 29.7 Å². The highest BCUT2D eigenvalue weighted by Crippen LogP contribution is 2.32. The highest BCUT2D eigenvalue weighted by Gasteiger charge is 2.26. The van der Waals surface area contributed by atoms with Gasteiger partial charge >= 0.3 is 0 Å². The van der Waals surface area contributed by atoms with Crippen LogP contribution in [0.25, 0.3) is 0 Å². The molecule has 0 spiro atoms. The molecule has 1 N–H and O–H groups in total. The summed E-state index contributed by atoms with van der Waals surface area (Å²) in [5.41, 5.74) is 1.15. The summed E-state index contributed by atoms with van der Waals surface area (Å²) in [6.45, 7) is 4.88. The summed E-state index contributed by atoms with van der Waals surface area (Å²) >= 11 is 7.06. The summed E-state index contributed by atoms with van der Waals surface area (Å²) in [5, 5.41) is 3.54. The molecule has 1 aromatic carbocycles. The third kappa shape index (κ3) is 3.97. The Labute approximate surface area is 137 Å². The Morgan fingerprint density at radius 1 is 1.40 bits per heavy atom. The third-order valence-corrected chi connectivity index (χ3v) is 4.81. The van der Waals surface area contributed by atoms with E-state index < -0.39 is 0 Å². The minimum Gasteiger partial charge on any atom is -0.495 e. The normalized spacial score (nSPS) is 22.2. The first kappa shape index (κ1) is 16.3. The smallest absolute Gasteiger partial charge is 0.137 e. The van der Waals surface area contributed by atoms with Gasteiger partial charge in [-0.25, -0.2) is 0 Å². The average molecular weight is 407 g/mol. The fourth-order valence-electron chi connectivity index (χ4n) is 2.74. The Morgan fingerprint density at radius 2 is 2.20 bits per heavy atom. The van der Waals surface area contributed by atoms with Crippen LogP contribution in [0.5, 0.6) is 5.75 Å². The summed E-state index contributed by atoms with van der Waals surface area (Å²) in [6.07, 6.45) is 2.67. The minimum absolute atomic E-state index is 0.415. The maximum Gasteiger partial charge on any atom is 0.137 e. The predicted molar refractivity (Wildman–Crippen MR) is 88.2 cm³/mol.